The normalized spacial score (nSPS) is 11.7. The van der Waals surface area contributed by atoms with Crippen molar-refractivity contribution in [2.45, 2.75) is 13.0 Å². The average molecular weight is 374 g/mol. The van der Waals surface area contributed by atoms with Gasteiger partial charge in [-0.25, -0.2) is 9.78 Å². The molecule has 0 unspecified atom stereocenters. The van der Waals surface area contributed by atoms with Gasteiger partial charge >= 0.3 is 5.97 Å². The highest BCUT2D eigenvalue weighted by atomic mass is 35.5. The Hall–Kier alpha value is -1.82. The molecule has 2 rings (SSSR count). The molecule has 0 aliphatic carbocycles. The Bertz CT molecular complexity index is 752. The van der Waals surface area contributed by atoms with Gasteiger partial charge in [0.1, 0.15) is 5.15 Å². The Labute approximate surface area is 147 Å². The Morgan fingerprint density at radius 2 is 1.96 bits per heavy atom. The van der Waals surface area contributed by atoms with E-state index in [0.29, 0.717) is 15.7 Å². The minimum absolute atomic E-state index is 0.00277. The van der Waals surface area contributed by atoms with Crippen LogP contribution in [0.15, 0.2) is 36.5 Å². The maximum atomic E-state index is 12.1. The van der Waals surface area contributed by atoms with Gasteiger partial charge in [0.25, 0.3) is 5.91 Å². The maximum Gasteiger partial charge on any atom is 0.342 e. The molecule has 5 nitrogen and oxygen atoms in total. The standard InChI is InChI=1S/C15H11Cl3N2O3/c1-8(23-15(22)10-3-2-6-19-13(10)18)14(21)20-12-7-9(16)4-5-11(12)17/h2-8H,1H3,(H,20,21)/t8-/m0/s1. The summed E-state index contributed by atoms with van der Waals surface area (Å²) in [7, 11) is 0. The van der Waals surface area contributed by atoms with Crippen LogP contribution in [-0.4, -0.2) is 23.0 Å². The molecule has 0 saturated carbocycles. The first-order valence-electron chi connectivity index (χ1n) is 6.46. The second-order valence-corrected chi connectivity index (χ2v) is 5.70. The molecule has 120 valence electrons. The van der Waals surface area contributed by atoms with Crippen LogP contribution in [-0.2, 0) is 9.53 Å². The number of esters is 1. The van der Waals surface area contributed by atoms with Gasteiger partial charge in [-0.05, 0) is 37.3 Å². The summed E-state index contributed by atoms with van der Waals surface area (Å²) in [4.78, 5) is 27.8. The number of ether oxygens (including phenoxy) is 1. The topological polar surface area (TPSA) is 68.3 Å². The van der Waals surface area contributed by atoms with E-state index in [-0.39, 0.29) is 10.7 Å². The number of nitrogens with one attached hydrogen (secondary N) is 1. The third-order valence-electron chi connectivity index (χ3n) is 2.82. The smallest absolute Gasteiger partial charge is 0.342 e. The molecule has 0 aliphatic rings. The monoisotopic (exact) mass is 372 g/mol. The summed E-state index contributed by atoms with van der Waals surface area (Å²) >= 11 is 17.6. The molecule has 0 bridgehead atoms. The third-order valence-corrected chi connectivity index (χ3v) is 3.68. The Kier molecular flexibility index (Phi) is 5.82. The number of hydrogen-bond donors (Lipinski definition) is 1. The number of amides is 1. The number of carbonyl (C=O) groups excluding carboxylic acids is 2. The maximum absolute atomic E-state index is 12.1. The van der Waals surface area contributed by atoms with Crippen molar-refractivity contribution >= 4 is 52.4 Å². The predicted molar refractivity (Wildman–Crippen MR) is 89.2 cm³/mol. The number of carbonyl (C=O) groups is 2. The summed E-state index contributed by atoms with van der Waals surface area (Å²) in [6.45, 7) is 1.43. The summed E-state index contributed by atoms with van der Waals surface area (Å²) in [6.07, 6.45) is 0.380. The lowest BCUT2D eigenvalue weighted by Gasteiger charge is -2.14. The van der Waals surface area contributed by atoms with Gasteiger partial charge in [0.15, 0.2) is 6.10 Å². The van der Waals surface area contributed by atoms with Crippen molar-refractivity contribution < 1.29 is 14.3 Å². The lowest BCUT2D eigenvalue weighted by molar-refractivity contribution is -0.123. The van der Waals surface area contributed by atoms with Gasteiger partial charge in [0.05, 0.1) is 16.3 Å². The number of benzene rings is 1. The second-order valence-electron chi connectivity index (χ2n) is 4.50. The van der Waals surface area contributed by atoms with Crippen molar-refractivity contribution in [3.05, 3.63) is 57.3 Å². The van der Waals surface area contributed by atoms with Crippen LogP contribution in [0, 0.1) is 0 Å². The zero-order chi connectivity index (χ0) is 17.0. The zero-order valence-corrected chi connectivity index (χ0v) is 14.1. The predicted octanol–water partition coefficient (Wildman–Crippen LogP) is 4.23. The molecule has 1 atom stereocenters. The van der Waals surface area contributed by atoms with E-state index in [2.05, 4.69) is 10.3 Å². The number of anilines is 1. The summed E-state index contributed by atoms with van der Waals surface area (Å²) in [6, 6.07) is 7.63. The lowest BCUT2D eigenvalue weighted by Crippen LogP contribution is -2.30. The van der Waals surface area contributed by atoms with Crippen molar-refractivity contribution in [2.24, 2.45) is 0 Å². The fraction of sp³-hybridized carbons (Fsp3) is 0.133. The fourth-order valence-corrected chi connectivity index (χ4v) is 2.18. The summed E-state index contributed by atoms with van der Waals surface area (Å²) in [5.74, 6) is -1.30. The third kappa shape index (κ3) is 4.58. The molecule has 23 heavy (non-hydrogen) atoms. The van der Waals surface area contributed by atoms with E-state index < -0.39 is 18.0 Å². The van der Waals surface area contributed by atoms with Gasteiger partial charge in [-0.2, -0.15) is 0 Å². The average Bonchev–Trinajstić information content (AvgIpc) is 2.51. The molecule has 0 spiro atoms. The van der Waals surface area contributed by atoms with Crippen LogP contribution in [0.1, 0.15) is 17.3 Å². The Morgan fingerprint density at radius 3 is 2.65 bits per heavy atom. The van der Waals surface area contributed by atoms with Crippen molar-refractivity contribution in [3.63, 3.8) is 0 Å². The molecule has 0 radical (unpaired) electrons. The van der Waals surface area contributed by atoms with Gasteiger partial charge in [0, 0.05) is 11.2 Å². The van der Waals surface area contributed by atoms with Crippen molar-refractivity contribution in [1.29, 1.82) is 0 Å². The minimum atomic E-state index is -1.06. The minimum Gasteiger partial charge on any atom is -0.449 e. The van der Waals surface area contributed by atoms with Crippen LogP contribution in [0.2, 0.25) is 15.2 Å². The van der Waals surface area contributed by atoms with Crippen molar-refractivity contribution in [1.82, 2.24) is 4.98 Å². The van der Waals surface area contributed by atoms with Gasteiger partial charge in [0.2, 0.25) is 0 Å². The molecule has 1 heterocycles. The van der Waals surface area contributed by atoms with Gasteiger partial charge in [-0.1, -0.05) is 34.8 Å². The molecule has 1 N–H and O–H groups in total. The number of pyridine rings is 1. The van der Waals surface area contributed by atoms with Crippen molar-refractivity contribution in [2.75, 3.05) is 5.32 Å². The van der Waals surface area contributed by atoms with Gasteiger partial charge in [-0.3, -0.25) is 4.79 Å². The molecule has 1 amide bonds. The van der Waals surface area contributed by atoms with Crippen LogP contribution in [0.4, 0.5) is 5.69 Å². The summed E-state index contributed by atoms with van der Waals surface area (Å²) in [5.41, 5.74) is 0.404. The first kappa shape index (κ1) is 17.5. The zero-order valence-electron chi connectivity index (χ0n) is 11.8. The first-order chi connectivity index (χ1) is 10.9. The van der Waals surface area contributed by atoms with Crippen molar-refractivity contribution in [3.8, 4) is 0 Å². The first-order valence-corrected chi connectivity index (χ1v) is 7.59. The summed E-state index contributed by atoms with van der Waals surface area (Å²) < 4.78 is 5.07. The van der Waals surface area contributed by atoms with E-state index in [0.717, 1.165) is 0 Å². The Morgan fingerprint density at radius 1 is 1.22 bits per heavy atom. The highest BCUT2D eigenvalue weighted by molar-refractivity contribution is 6.35. The van der Waals surface area contributed by atoms with E-state index >= 15 is 0 Å². The lowest BCUT2D eigenvalue weighted by atomic mass is 10.2. The van der Waals surface area contributed by atoms with Gasteiger partial charge in [-0.15, -0.1) is 0 Å². The molecule has 0 aliphatic heterocycles. The second kappa shape index (κ2) is 7.64. The number of aromatic nitrogens is 1. The molecule has 0 fully saturated rings. The highest BCUT2D eigenvalue weighted by Crippen LogP contribution is 2.25. The van der Waals surface area contributed by atoms with Crippen LogP contribution in [0.5, 0.6) is 0 Å². The largest absolute Gasteiger partial charge is 0.449 e. The molecule has 1 aromatic heterocycles. The SMILES string of the molecule is C[C@H](OC(=O)c1cccnc1Cl)C(=O)Nc1cc(Cl)ccc1Cl. The molecule has 0 saturated heterocycles. The number of halogens is 3. The molecular formula is C15H11Cl3N2O3. The molecule has 8 heteroatoms. The molecule has 2 aromatic rings. The number of rotatable bonds is 4. The van der Waals surface area contributed by atoms with Crippen LogP contribution >= 0.6 is 34.8 Å². The number of hydrogen-bond acceptors (Lipinski definition) is 4. The van der Waals surface area contributed by atoms with Gasteiger partial charge < -0.3 is 10.1 Å². The quantitative estimate of drug-likeness (QED) is 0.643. The van der Waals surface area contributed by atoms with Crippen LogP contribution in [0.3, 0.4) is 0 Å². The number of nitrogens with zero attached hydrogens (tertiary/aromatic N) is 1. The fourth-order valence-electron chi connectivity index (χ4n) is 1.64. The van der Waals surface area contributed by atoms with E-state index in [9.17, 15) is 9.59 Å². The molecule has 1 aromatic carbocycles. The van der Waals surface area contributed by atoms with Crippen LogP contribution in [0.25, 0.3) is 0 Å². The van der Waals surface area contributed by atoms with E-state index in [1.807, 2.05) is 0 Å². The van der Waals surface area contributed by atoms with E-state index in [1.54, 1.807) is 18.2 Å². The highest BCUT2D eigenvalue weighted by Gasteiger charge is 2.21. The van der Waals surface area contributed by atoms with E-state index in [4.69, 9.17) is 39.5 Å². The Balaban J connectivity index is 2.04. The summed E-state index contributed by atoms with van der Waals surface area (Å²) in [5, 5.41) is 3.27. The van der Waals surface area contributed by atoms with E-state index in [1.165, 1.54) is 25.3 Å². The van der Waals surface area contributed by atoms with Crippen LogP contribution < -0.4 is 5.32 Å². The molecular weight excluding hydrogens is 363 g/mol.